The highest BCUT2D eigenvalue weighted by molar-refractivity contribution is 5.92. The first-order chi connectivity index (χ1) is 5.27. The van der Waals surface area contributed by atoms with Crippen LogP contribution >= 0.6 is 0 Å². The predicted octanol–water partition coefficient (Wildman–Crippen LogP) is -0.662. The molecule has 0 bridgehead atoms. The number of aliphatic hydroxyl groups is 2. The molecule has 4 heteroatoms. The summed E-state index contributed by atoms with van der Waals surface area (Å²) in [6.07, 6.45) is 2.75. The van der Waals surface area contributed by atoms with Gasteiger partial charge in [-0.05, 0) is 12.2 Å². The summed E-state index contributed by atoms with van der Waals surface area (Å²) in [6.45, 7) is -0.514. The van der Waals surface area contributed by atoms with Gasteiger partial charge in [0.2, 0.25) is 0 Å². The molecule has 4 nitrogen and oxygen atoms in total. The van der Waals surface area contributed by atoms with E-state index in [9.17, 15) is 4.79 Å². The summed E-state index contributed by atoms with van der Waals surface area (Å²) < 4.78 is 4.61. The second kappa shape index (κ2) is 3.32. The zero-order valence-corrected chi connectivity index (χ0v) is 5.78. The molecule has 0 unspecified atom stereocenters. The lowest BCUT2D eigenvalue weighted by molar-refractivity contribution is -0.133. The van der Waals surface area contributed by atoms with Gasteiger partial charge >= 0.3 is 5.97 Å². The molecule has 0 spiro atoms. The lowest BCUT2D eigenvalue weighted by Gasteiger charge is -1.92. The maximum Gasteiger partial charge on any atom is 0.341 e. The SMILES string of the molecule is O=C1O/C(=C/CO)C=C1CO. The Labute approximate surface area is 63.4 Å². The Morgan fingerprint density at radius 1 is 1.55 bits per heavy atom. The van der Waals surface area contributed by atoms with E-state index in [2.05, 4.69) is 4.74 Å². The van der Waals surface area contributed by atoms with Crippen LogP contribution in [-0.2, 0) is 9.53 Å². The summed E-state index contributed by atoms with van der Waals surface area (Å²) in [4.78, 5) is 10.7. The predicted molar refractivity (Wildman–Crippen MR) is 36.4 cm³/mol. The van der Waals surface area contributed by atoms with Gasteiger partial charge in [0.25, 0.3) is 0 Å². The van der Waals surface area contributed by atoms with Crippen molar-refractivity contribution in [3.05, 3.63) is 23.5 Å². The van der Waals surface area contributed by atoms with Crippen LogP contribution in [0.1, 0.15) is 0 Å². The third-order valence-electron chi connectivity index (χ3n) is 1.25. The van der Waals surface area contributed by atoms with Crippen molar-refractivity contribution in [3.8, 4) is 0 Å². The minimum absolute atomic E-state index is 0.183. The molecule has 2 N–H and O–H groups in total. The Bertz CT molecular complexity index is 227. The quantitative estimate of drug-likeness (QED) is 0.521. The van der Waals surface area contributed by atoms with E-state index in [4.69, 9.17) is 10.2 Å². The molecule has 0 radical (unpaired) electrons. The van der Waals surface area contributed by atoms with Gasteiger partial charge in [0.1, 0.15) is 5.76 Å². The van der Waals surface area contributed by atoms with Crippen molar-refractivity contribution in [1.82, 2.24) is 0 Å². The average Bonchev–Trinajstić information content (AvgIpc) is 2.32. The summed E-state index contributed by atoms with van der Waals surface area (Å²) >= 11 is 0. The van der Waals surface area contributed by atoms with Gasteiger partial charge in [0.05, 0.1) is 18.8 Å². The summed E-state index contributed by atoms with van der Waals surface area (Å²) in [5, 5.41) is 17.0. The molecule has 0 fully saturated rings. The Balaban J connectivity index is 2.74. The molecule has 0 aromatic carbocycles. The zero-order valence-electron chi connectivity index (χ0n) is 5.78. The summed E-state index contributed by atoms with van der Waals surface area (Å²) in [5.41, 5.74) is 0.213. The van der Waals surface area contributed by atoms with E-state index in [0.29, 0.717) is 5.76 Å². The molecule has 1 rings (SSSR count). The molecule has 1 heterocycles. The molecule has 0 aromatic rings. The molecule has 0 aromatic heterocycles. The van der Waals surface area contributed by atoms with Gasteiger partial charge in [-0.2, -0.15) is 0 Å². The fourth-order valence-electron chi connectivity index (χ4n) is 0.733. The number of carbonyl (C=O) groups is 1. The van der Waals surface area contributed by atoms with Crippen LogP contribution in [0.15, 0.2) is 23.5 Å². The highest BCUT2D eigenvalue weighted by Crippen LogP contribution is 2.15. The van der Waals surface area contributed by atoms with Crippen LogP contribution in [0.3, 0.4) is 0 Å². The lowest BCUT2D eigenvalue weighted by atomic mass is 10.3. The van der Waals surface area contributed by atoms with E-state index in [1.807, 2.05) is 0 Å². The molecule has 1 aliphatic heterocycles. The standard InChI is InChI=1S/C7H8O4/c8-2-1-6-3-5(4-9)7(10)11-6/h1,3,8-9H,2,4H2/b6-1+. The maximum absolute atomic E-state index is 10.7. The molecular formula is C7H8O4. The monoisotopic (exact) mass is 156 g/mol. The minimum Gasteiger partial charge on any atom is -0.423 e. The Hall–Kier alpha value is -1.13. The number of rotatable bonds is 2. The average molecular weight is 156 g/mol. The second-order valence-corrected chi connectivity index (χ2v) is 2.01. The third-order valence-corrected chi connectivity index (χ3v) is 1.25. The van der Waals surface area contributed by atoms with E-state index < -0.39 is 5.97 Å². The van der Waals surface area contributed by atoms with Crippen molar-refractivity contribution in [2.75, 3.05) is 13.2 Å². The number of aliphatic hydroxyl groups excluding tert-OH is 2. The number of ether oxygens (including phenoxy) is 1. The number of hydrogen-bond acceptors (Lipinski definition) is 4. The van der Waals surface area contributed by atoms with Crippen molar-refractivity contribution in [2.45, 2.75) is 0 Å². The van der Waals surface area contributed by atoms with Crippen molar-refractivity contribution in [3.63, 3.8) is 0 Å². The van der Waals surface area contributed by atoms with Gasteiger partial charge in [-0.3, -0.25) is 0 Å². The van der Waals surface area contributed by atoms with Crippen molar-refractivity contribution < 1.29 is 19.7 Å². The summed E-state index contributed by atoms with van der Waals surface area (Å²) in [6, 6.07) is 0. The molecule has 0 amide bonds. The van der Waals surface area contributed by atoms with Crippen LogP contribution < -0.4 is 0 Å². The van der Waals surface area contributed by atoms with Crippen LogP contribution in [0.5, 0.6) is 0 Å². The first-order valence-electron chi connectivity index (χ1n) is 3.12. The van der Waals surface area contributed by atoms with Crippen molar-refractivity contribution in [1.29, 1.82) is 0 Å². The summed E-state index contributed by atoms with van der Waals surface area (Å²) in [7, 11) is 0. The zero-order chi connectivity index (χ0) is 8.27. The van der Waals surface area contributed by atoms with Crippen LogP contribution in [0.25, 0.3) is 0 Å². The highest BCUT2D eigenvalue weighted by atomic mass is 16.5. The van der Waals surface area contributed by atoms with E-state index in [1.165, 1.54) is 12.2 Å². The van der Waals surface area contributed by atoms with Gasteiger partial charge in [-0.1, -0.05) is 0 Å². The Morgan fingerprint density at radius 3 is 2.73 bits per heavy atom. The van der Waals surface area contributed by atoms with Gasteiger partial charge in [-0.15, -0.1) is 0 Å². The topological polar surface area (TPSA) is 66.8 Å². The van der Waals surface area contributed by atoms with Gasteiger partial charge in [-0.25, -0.2) is 4.79 Å². The second-order valence-electron chi connectivity index (χ2n) is 2.01. The summed E-state index contributed by atoms with van der Waals surface area (Å²) in [5.74, 6) is -0.256. The smallest absolute Gasteiger partial charge is 0.341 e. The number of esters is 1. The lowest BCUT2D eigenvalue weighted by Crippen LogP contribution is -2.01. The van der Waals surface area contributed by atoms with Crippen LogP contribution in [0, 0.1) is 0 Å². The molecule has 1 aliphatic rings. The van der Waals surface area contributed by atoms with Gasteiger partial charge in [0.15, 0.2) is 0 Å². The fourth-order valence-corrected chi connectivity index (χ4v) is 0.733. The Morgan fingerprint density at radius 2 is 2.27 bits per heavy atom. The molecule has 0 aliphatic carbocycles. The molecule has 60 valence electrons. The number of carbonyl (C=O) groups excluding carboxylic acids is 1. The first-order valence-corrected chi connectivity index (χ1v) is 3.12. The van der Waals surface area contributed by atoms with E-state index >= 15 is 0 Å². The number of allylic oxidation sites excluding steroid dienone is 1. The van der Waals surface area contributed by atoms with E-state index in [1.54, 1.807) is 0 Å². The highest BCUT2D eigenvalue weighted by Gasteiger charge is 2.19. The first kappa shape index (κ1) is 7.97. The normalized spacial score (nSPS) is 20.4. The molecule has 0 saturated heterocycles. The Kier molecular flexibility index (Phi) is 2.40. The van der Waals surface area contributed by atoms with E-state index in [-0.39, 0.29) is 18.8 Å². The largest absolute Gasteiger partial charge is 0.423 e. The molecule has 11 heavy (non-hydrogen) atoms. The van der Waals surface area contributed by atoms with Crippen LogP contribution in [0.4, 0.5) is 0 Å². The minimum atomic E-state index is -0.549. The van der Waals surface area contributed by atoms with Gasteiger partial charge in [0, 0.05) is 0 Å². The van der Waals surface area contributed by atoms with Crippen LogP contribution in [-0.4, -0.2) is 29.4 Å². The van der Waals surface area contributed by atoms with Crippen LogP contribution in [0.2, 0.25) is 0 Å². The van der Waals surface area contributed by atoms with Crippen molar-refractivity contribution in [2.24, 2.45) is 0 Å². The molecular weight excluding hydrogens is 148 g/mol. The van der Waals surface area contributed by atoms with Crippen molar-refractivity contribution >= 4 is 5.97 Å². The molecule has 0 saturated carbocycles. The van der Waals surface area contributed by atoms with Gasteiger partial charge < -0.3 is 14.9 Å². The molecule has 0 atom stereocenters. The number of cyclic esters (lactones) is 1. The van der Waals surface area contributed by atoms with E-state index in [0.717, 1.165) is 0 Å². The number of hydrogen-bond donors (Lipinski definition) is 2. The maximum atomic E-state index is 10.7. The fraction of sp³-hybridized carbons (Fsp3) is 0.286. The third kappa shape index (κ3) is 1.66.